The predicted molar refractivity (Wildman–Crippen MR) is 118 cm³/mol. The second kappa shape index (κ2) is 8.68. The van der Waals surface area contributed by atoms with Crippen molar-refractivity contribution in [2.45, 2.75) is 44.0 Å². The summed E-state index contributed by atoms with van der Waals surface area (Å²) in [6, 6.07) is 11.8. The maximum atomic E-state index is 12.9. The Balaban J connectivity index is 1.57. The van der Waals surface area contributed by atoms with Crippen molar-refractivity contribution in [3.63, 3.8) is 0 Å². The van der Waals surface area contributed by atoms with E-state index in [2.05, 4.69) is 5.32 Å². The third kappa shape index (κ3) is 4.42. The van der Waals surface area contributed by atoms with E-state index >= 15 is 0 Å². The van der Waals surface area contributed by atoms with Crippen LogP contribution in [0.1, 0.15) is 31.7 Å². The first kappa shape index (κ1) is 21.3. The zero-order valence-electron chi connectivity index (χ0n) is 17.3. The first-order chi connectivity index (χ1) is 14.9. The molecular weight excluding hydrogens is 418 g/mol. The fraction of sp³-hybridized carbons (Fsp3) is 0.364. The second-order valence-corrected chi connectivity index (χ2v) is 9.59. The van der Waals surface area contributed by atoms with Gasteiger partial charge in [0.1, 0.15) is 6.54 Å². The maximum Gasteiger partial charge on any atom is 0.420 e. The molecule has 31 heavy (non-hydrogen) atoms. The van der Waals surface area contributed by atoms with Crippen LogP contribution in [0, 0.1) is 0 Å². The molecule has 1 aromatic heterocycles. The number of piperidine rings is 1. The number of benzene rings is 2. The number of aromatic nitrogens is 1. The number of hydrogen-bond acceptors (Lipinski definition) is 5. The molecule has 8 nitrogen and oxygen atoms in total. The Labute approximate surface area is 180 Å². The number of carbonyl (C=O) groups excluding carboxylic acids is 1. The standard InChI is InChI=1S/C22H25N3O5S/c1-2-16-7-6-8-17(13-16)23-21(26)15-25-19-10-9-18(14-20(19)30-22(25)27)31(28,29)24-11-4-3-5-12-24/h6-10,13-14H,2-5,11-12,15H2,1H3,(H,23,26). The topological polar surface area (TPSA) is 102 Å². The van der Waals surface area contributed by atoms with Gasteiger partial charge in [-0.3, -0.25) is 9.36 Å². The van der Waals surface area contributed by atoms with Gasteiger partial charge in [-0.25, -0.2) is 13.2 Å². The molecular formula is C22H25N3O5S. The van der Waals surface area contributed by atoms with Crippen molar-refractivity contribution in [3.05, 3.63) is 58.6 Å². The summed E-state index contributed by atoms with van der Waals surface area (Å²) in [7, 11) is -3.64. The largest absolute Gasteiger partial charge is 0.420 e. The van der Waals surface area contributed by atoms with Gasteiger partial charge in [0.25, 0.3) is 0 Å². The van der Waals surface area contributed by atoms with Crippen molar-refractivity contribution in [2.24, 2.45) is 0 Å². The highest BCUT2D eigenvalue weighted by Crippen LogP contribution is 2.24. The summed E-state index contributed by atoms with van der Waals surface area (Å²) in [5.41, 5.74) is 2.26. The molecule has 1 aliphatic rings. The van der Waals surface area contributed by atoms with Crippen LogP contribution in [0.5, 0.6) is 0 Å². The van der Waals surface area contributed by atoms with E-state index in [4.69, 9.17) is 4.42 Å². The Hall–Kier alpha value is -2.91. The van der Waals surface area contributed by atoms with Crippen LogP contribution in [0.3, 0.4) is 0 Å². The molecule has 0 unspecified atom stereocenters. The zero-order chi connectivity index (χ0) is 22.0. The van der Waals surface area contributed by atoms with E-state index in [0.717, 1.165) is 31.2 Å². The van der Waals surface area contributed by atoms with Crippen LogP contribution in [0.15, 0.2) is 56.6 Å². The number of sulfonamides is 1. The fourth-order valence-electron chi connectivity index (χ4n) is 3.82. The van der Waals surface area contributed by atoms with Crippen molar-refractivity contribution in [3.8, 4) is 0 Å². The lowest BCUT2D eigenvalue weighted by Gasteiger charge is -2.25. The summed E-state index contributed by atoms with van der Waals surface area (Å²) in [6.45, 7) is 2.77. The third-order valence-electron chi connectivity index (χ3n) is 5.51. The maximum absolute atomic E-state index is 12.9. The summed E-state index contributed by atoms with van der Waals surface area (Å²) in [5, 5.41) is 2.78. The highest BCUT2D eigenvalue weighted by atomic mass is 32.2. The van der Waals surface area contributed by atoms with Crippen LogP contribution in [0.4, 0.5) is 5.69 Å². The van der Waals surface area contributed by atoms with Crippen LogP contribution in [0.25, 0.3) is 11.1 Å². The molecule has 3 aromatic rings. The Morgan fingerprint density at radius 1 is 1.10 bits per heavy atom. The minimum absolute atomic E-state index is 0.0867. The van der Waals surface area contributed by atoms with Gasteiger partial charge in [-0.2, -0.15) is 4.31 Å². The van der Waals surface area contributed by atoms with E-state index in [1.807, 2.05) is 25.1 Å². The molecule has 9 heteroatoms. The van der Waals surface area contributed by atoms with E-state index in [1.165, 1.54) is 27.1 Å². The first-order valence-corrected chi connectivity index (χ1v) is 11.8. The van der Waals surface area contributed by atoms with Gasteiger partial charge in [0.15, 0.2) is 5.58 Å². The molecule has 1 amide bonds. The minimum Gasteiger partial charge on any atom is -0.408 e. The van der Waals surface area contributed by atoms with Crippen molar-refractivity contribution in [1.29, 1.82) is 0 Å². The third-order valence-corrected chi connectivity index (χ3v) is 7.41. The number of carbonyl (C=O) groups is 1. The van der Waals surface area contributed by atoms with Crippen molar-refractivity contribution in [2.75, 3.05) is 18.4 Å². The number of nitrogens with one attached hydrogen (secondary N) is 1. The molecule has 4 rings (SSSR count). The van der Waals surface area contributed by atoms with Crippen molar-refractivity contribution >= 4 is 32.7 Å². The normalized spacial score (nSPS) is 15.3. The van der Waals surface area contributed by atoms with E-state index < -0.39 is 15.8 Å². The fourth-order valence-corrected chi connectivity index (χ4v) is 5.36. The number of aryl methyl sites for hydroxylation is 1. The number of nitrogens with zero attached hydrogens (tertiary/aromatic N) is 2. The SMILES string of the molecule is CCc1cccc(NC(=O)Cn2c(=O)oc3cc(S(=O)(=O)N4CCCCC4)ccc32)c1. The van der Waals surface area contributed by atoms with E-state index in [9.17, 15) is 18.0 Å². The Morgan fingerprint density at radius 2 is 1.87 bits per heavy atom. The average Bonchev–Trinajstić information content (AvgIpc) is 3.08. The number of amides is 1. The summed E-state index contributed by atoms with van der Waals surface area (Å²) in [5.74, 6) is -1.08. The van der Waals surface area contributed by atoms with E-state index in [0.29, 0.717) is 24.3 Å². The summed E-state index contributed by atoms with van der Waals surface area (Å²) in [6.07, 6.45) is 3.54. The van der Waals surface area contributed by atoms with Gasteiger partial charge in [0, 0.05) is 24.8 Å². The molecule has 2 aromatic carbocycles. The summed E-state index contributed by atoms with van der Waals surface area (Å²) < 4.78 is 33.7. The van der Waals surface area contributed by atoms with Gasteiger partial charge in [-0.05, 0) is 49.1 Å². The number of rotatable bonds is 6. The van der Waals surface area contributed by atoms with Gasteiger partial charge in [-0.1, -0.05) is 25.5 Å². The van der Waals surface area contributed by atoms with Gasteiger partial charge in [0.05, 0.1) is 10.4 Å². The highest BCUT2D eigenvalue weighted by molar-refractivity contribution is 7.89. The minimum atomic E-state index is -3.64. The molecule has 0 atom stereocenters. The molecule has 1 N–H and O–H groups in total. The number of fused-ring (bicyclic) bond motifs is 1. The van der Waals surface area contributed by atoms with Crippen LogP contribution < -0.4 is 11.1 Å². The van der Waals surface area contributed by atoms with Crippen LogP contribution >= 0.6 is 0 Å². The summed E-state index contributed by atoms with van der Waals surface area (Å²) in [4.78, 5) is 24.9. The predicted octanol–water partition coefficient (Wildman–Crippen LogP) is 2.97. The molecule has 1 fully saturated rings. The molecule has 1 saturated heterocycles. The molecule has 1 aliphatic heterocycles. The summed E-state index contributed by atoms with van der Waals surface area (Å²) >= 11 is 0. The van der Waals surface area contributed by atoms with Gasteiger partial charge >= 0.3 is 5.76 Å². The average molecular weight is 444 g/mol. The number of anilines is 1. The van der Waals surface area contributed by atoms with Crippen LogP contribution in [0.2, 0.25) is 0 Å². The molecule has 0 spiro atoms. The second-order valence-electron chi connectivity index (χ2n) is 7.65. The van der Waals surface area contributed by atoms with Crippen molar-refractivity contribution in [1.82, 2.24) is 8.87 Å². The zero-order valence-corrected chi connectivity index (χ0v) is 18.2. The van der Waals surface area contributed by atoms with Gasteiger partial charge < -0.3 is 9.73 Å². The van der Waals surface area contributed by atoms with E-state index in [1.54, 1.807) is 6.07 Å². The molecule has 164 valence electrons. The van der Waals surface area contributed by atoms with Crippen molar-refractivity contribution < 1.29 is 17.6 Å². The number of oxazole rings is 1. The first-order valence-electron chi connectivity index (χ1n) is 10.4. The van der Waals surface area contributed by atoms with E-state index in [-0.39, 0.29) is 22.9 Å². The lowest BCUT2D eigenvalue weighted by Crippen LogP contribution is -2.35. The quantitative estimate of drug-likeness (QED) is 0.631. The van der Waals surface area contributed by atoms with Gasteiger partial charge in [-0.15, -0.1) is 0 Å². The molecule has 0 radical (unpaired) electrons. The molecule has 0 bridgehead atoms. The Bertz CT molecular complexity index is 1270. The van der Waals surface area contributed by atoms with Gasteiger partial charge in [0.2, 0.25) is 15.9 Å². The smallest absolute Gasteiger partial charge is 0.408 e. The Kier molecular flexibility index (Phi) is 5.97. The molecule has 0 saturated carbocycles. The van der Waals surface area contributed by atoms with Crippen LogP contribution in [-0.2, 0) is 27.8 Å². The number of hydrogen-bond donors (Lipinski definition) is 1. The highest BCUT2D eigenvalue weighted by Gasteiger charge is 2.27. The molecule has 0 aliphatic carbocycles. The monoisotopic (exact) mass is 443 g/mol. The van der Waals surface area contributed by atoms with Crippen LogP contribution in [-0.4, -0.2) is 36.3 Å². The lowest BCUT2D eigenvalue weighted by molar-refractivity contribution is -0.116. The Morgan fingerprint density at radius 3 is 2.61 bits per heavy atom. The lowest BCUT2D eigenvalue weighted by atomic mass is 10.1. The molecule has 2 heterocycles.